The lowest BCUT2D eigenvalue weighted by molar-refractivity contribution is -0.120. The molecule has 134 valence electrons. The van der Waals surface area contributed by atoms with Gasteiger partial charge in [0.05, 0.1) is 18.7 Å². The summed E-state index contributed by atoms with van der Waals surface area (Å²) in [6.45, 7) is 0.266. The number of fused-ring (bicyclic) bond motifs is 1. The van der Waals surface area contributed by atoms with Gasteiger partial charge < -0.3 is 5.32 Å². The van der Waals surface area contributed by atoms with Crippen molar-refractivity contribution < 1.29 is 4.79 Å². The van der Waals surface area contributed by atoms with E-state index in [4.69, 9.17) is 0 Å². The number of benzene rings is 2. The average molecular weight is 422 g/mol. The van der Waals surface area contributed by atoms with Gasteiger partial charge in [0.25, 0.3) is 0 Å². The van der Waals surface area contributed by atoms with Crippen molar-refractivity contribution in [3.63, 3.8) is 0 Å². The van der Waals surface area contributed by atoms with Gasteiger partial charge in [-0.05, 0) is 29.8 Å². The van der Waals surface area contributed by atoms with Crippen LogP contribution in [0.25, 0.3) is 16.9 Å². The molecule has 2 aromatic carbocycles. The Morgan fingerprint density at radius 1 is 0.963 bits per heavy atom. The zero-order valence-corrected chi connectivity index (χ0v) is 15.9. The molecule has 0 saturated heterocycles. The van der Waals surface area contributed by atoms with Crippen LogP contribution in [0.5, 0.6) is 0 Å². The molecule has 0 radical (unpaired) electrons. The topological polar surface area (TPSA) is 72.2 Å². The Kier molecular flexibility index (Phi) is 4.93. The number of hydrogen-bond acceptors (Lipinski definition) is 4. The van der Waals surface area contributed by atoms with Crippen molar-refractivity contribution in [2.75, 3.05) is 0 Å². The maximum atomic E-state index is 12.2. The first-order valence-electron chi connectivity index (χ1n) is 8.47. The zero-order chi connectivity index (χ0) is 18.6. The summed E-state index contributed by atoms with van der Waals surface area (Å²) >= 11 is 3.39. The quantitative estimate of drug-likeness (QED) is 0.535. The van der Waals surface area contributed by atoms with Crippen LogP contribution in [0.3, 0.4) is 0 Å². The van der Waals surface area contributed by atoms with E-state index in [0.717, 1.165) is 21.3 Å². The van der Waals surface area contributed by atoms with Crippen LogP contribution in [0.15, 0.2) is 71.2 Å². The Morgan fingerprint density at radius 2 is 1.74 bits per heavy atom. The van der Waals surface area contributed by atoms with Gasteiger partial charge >= 0.3 is 0 Å². The van der Waals surface area contributed by atoms with Crippen molar-refractivity contribution in [2.24, 2.45) is 0 Å². The molecule has 27 heavy (non-hydrogen) atoms. The third kappa shape index (κ3) is 4.03. The summed E-state index contributed by atoms with van der Waals surface area (Å²) in [6, 6.07) is 21.4. The third-order valence-electron chi connectivity index (χ3n) is 4.12. The van der Waals surface area contributed by atoms with Crippen LogP contribution in [-0.4, -0.2) is 25.7 Å². The minimum absolute atomic E-state index is 0.0757. The molecule has 2 heterocycles. The summed E-state index contributed by atoms with van der Waals surface area (Å²) in [7, 11) is 0. The number of halogens is 1. The van der Waals surface area contributed by atoms with Crippen LogP contribution >= 0.6 is 15.9 Å². The van der Waals surface area contributed by atoms with Crippen LogP contribution in [0.4, 0.5) is 0 Å². The van der Waals surface area contributed by atoms with Crippen LogP contribution in [0.2, 0.25) is 0 Å². The number of hydrogen-bond donors (Lipinski definition) is 1. The van der Waals surface area contributed by atoms with Gasteiger partial charge in [-0.1, -0.05) is 58.4 Å². The molecule has 0 fully saturated rings. The fraction of sp³-hybridized carbons (Fsp3) is 0.100. The van der Waals surface area contributed by atoms with Crippen LogP contribution in [-0.2, 0) is 17.8 Å². The molecule has 0 bridgehead atoms. The molecule has 6 nitrogen and oxygen atoms in total. The van der Waals surface area contributed by atoms with E-state index in [9.17, 15) is 4.79 Å². The first kappa shape index (κ1) is 17.4. The summed E-state index contributed by atoms with van der Waals surface area (Å²) in [5, 5.41) is 15.8. The summed E-state index contributed by atoms with van der Waals surface area (Å²) in [5.74, 6) is 0.514. The van der Waals surface area contributed by atoms with Crippen molar-refractivity contribution in [1.29, 1.82) is 0 Å². The van der Waals surface area contributed by atoms with E-state index >= 15 is 0 Å². The molecule has 4 aromatic rings. The number of nitrogens with one attached hydrogen (secondary N) is 1. The van der Waals surface area contributed by atoms with Gasteiger partial charge in [0.1, 0.15) is 0 Å². The largest absolute Gasteiger partial charge is 0.348 e. The second-order valence-corrected chi connectivity index (χ2v) is 6.97. The van der Waals surface area contributed by atoms with E-state index in [1.807, 2.05) is 66.7 Å². The zero-order valence-electron chi connectivity index (χ0n) is 14.3. The molecule has 7 heteroatoms. The van der Waals surface area contributed by atoms with E-state index in [1.54, 1.807) is 4.52 Å². The molecule has 0 spiro atoms. The third-order valence-corrected chi connectivity index (χ3v) is 4.65. The monoisotopic (exact) mass is 421 g/mol. The molecular formula is C20H16BrN5O. The van der Waals surface area contributed by atoms with E-state index in [2.05, 4.69) is 36.5 Å². The molecule has 0 unspecified atom stereocenters. The van der Waals surface area contributed by atoms with Crippen molar-refractivity contribution in [2.45, 2.75) is 13.0 Å². The minimum atomic E-state index is -0.0757. The molecule has 2 aromatic heterocycles. The van der Waals surface area contributed by atoms with Crippen LogP contribution in [0, 0.1) is 0 Å². The molecule has 0 aliphatic carbocycles. The van der Waals surface area contributed by atoms with Crippen molar-refractivity contribution in [1.82, 2.24) is 25.1 Å². The van der Waals surface area contributed by atoms with Gasteiger partial charge in [0.2, 0.25) is 5.91 Å². The molecule has 4 rings (SSSR count). The molecule has 1 N–H and O–H groups in total. The Morgan fingerprint density at radius 3 is 2.52 bits per heavy atom. The highest BCUT2D eigenvalue weighted by Gasteiger charge is 2.10. The number of carbonyl (C=O) groups excluding carboxylic acids is 1. The normalized spacial score (nSPS) is 10.9. The number of amides is 1. The van der Waals surface area contributed by atoms with Gasteiger partial charge in [-0.3, -0.25) is 4.79 Å². The Labute approximate surface area is 164 Å². The molecular weight excluding hydrogens is 406 g/mol. The van der Waals surface area contributed by atoms with E-state index in [-0.39, 0.29) is 12.5 Å². The minimum Gasteiger partial charge on any atom is -0.348 e. The Balaban J connectivity index is 1.48. The van der Waals surface area contributed by atoms with Gasteiger partial charge in [0, 0.05) is 10.0 Å². The summed E-state index contributed by atoms with van der Waals surface area (Å²) < 4.78 is 2.66. The highest BCUT2D eigenvalue weighted by atomic mass is 79.9. The van der Waals surface area contributed by atoms with E-state index in [0.29, 0.717) is 17.9 Å². The van der Waals surface area contributed by atoms with E-state index in [1.165, 1.54) is 0 Å². The van der Waals surface area contributed by atoms with E-state index < -0.39 is 0 Å². The lowest BCUT2D eigenvalue weighted by Gasteiger charge is -2.05. The van der Waals surface area contributed by atoms with Gasteiger partial charge in [-0.2, -0.15) is 9.61 Å². The van der Waals surface area contributed by atoms with Gasteiger partial charge in [0.15, 0.2) is 11.5 Å². The van der Waals surface area contributed by atoms with Crippen LogP contribution < -0.4 is 5.32 Å². The number of nitrogens with zero attached hydrogens (tertiary/aromatic N) is 4. The molecule has 0 saturated carbocycles. The number of aromatic nitrogens is 4. The first-order valence-corrected chi connectivity index (χ1v) is 9.26. The van der Waals surface area contributed by atoms with Crippen molar-refractivity contribution >= 4 is 27.5 Å². The second kappa shape index (κ2) is 7.67. The summed E-state index contributed by atoms with van der Waals surface area (Å²) in [6.07, 6.45) is 0.312. The van der Waals surface area contributed by atoms with Crippen LogP contribution in [0.1, 0.15) is 11.4 Å². The average Bonchev–Trinajstić information content (AvgIpc) is 3.11. The molecule has 0 aliphatic heterocycles. The Hall–Kier alpha value is -3.06. The van der Waals surface area contributed by atoms with Gasteiger partial charge in [-0.15, -0.1) is 10.2 Å². The van der Waals surface area contributed by atoms with Gasteiger partial charge in [-0.25, -0.2) is 0 Å². The lowest BCUT2D eigenvalue weighted by Crippen LogP contribution is -2.25. The second-order valence-electron chi connectivity index (χ2n) is 6.05. The molecule has 1 amide bonds. The predicted octanol–water partition coefficient (Wildman–Crippen LogP) is 3.41. The number of rotatable bonds is 5. The maximum absolute atomic E-state index is 12.2. The maximum Gasteiger partial charge on any atom is 0.224 e. The van der Waals surface area contributed by atoms with Crippen molar-refractivity contribution in [3.8, 4) is 11.3 Å². The molecule has 0 atom stereocenters. The highest BCUT2D eigenvalue weighted by Crippen LogP contribution is 2.16. The summed E-state index contributed by atoms with van der Waals surface area (Å²) in [4.78, 5) is 12.2. The SMILES string of the molecule is O=C(Cc1ccc(Br)cc1)NCc1nnc2ccc(-c3ccccc3)nn12. The number of carbonyl (C=O) groups is 1. The fourth-order valence-electron chi connectivity index (χ4n) is 2.73. The standard InChI is InChI=1S/C20H16BrN5O/c21-16-8-6-14(7-9-16)12-20(27)22-13-19-24-23-18-11-10-17(25-26(18)19)15-4-2-1-3-5-15/h1-11H,12-13H2,(H,22,27). The Bertz CT molecular complexity index is 1080. The molecule has 0 aliphatic rings. The highest BCUT2D eigenvalue weighted by molar-refractivity contribution is 9.10. The lowest BCUT2D eigenvalue weighted by atomic mass is 10.1. The fourth-order valence-corrected chi connectivity index (χ4v) is 3.00. The van der Waals surface area contributed by atoms with Crippen molar-refractivity contribution in [3.05, 3.63) is 82.6 Å². The summed E-state index contributed by atoms with van der Waals surface area (Å²) in [5.41, 5.74) is 3.43. The smallest absolute Gasteiger partial charge is 0.224 e. The first-order chi connectivity index (χ1) is 13.2. The predicted molar refractivity (Wildman–Crippen MR) is 106 cm³/mol.